The summed E-state index contributed by atoms with van der Waals surface area (Å²) in [5.41, 5.74) is -0.665. The van der Waals surface area contributed by atoms with E-state index < -0.39 is 11.7 Å². The lowest BCUT2D eigenvalue weighted by Gasteiger charge is -2.09. The predicted molar refractivity (Wildman–Crippen MR) is 52.5 cm³/mol. The van der Waals surface area contributed by atoms with E-state index in [4.69, 9.17) is 0 Å². The Hall–Kier alpha value is -1.78. The van der Waals surface area contributed by atoms with Gasteiger partial charge in [-0.25, -0.2) is 0 Å². The number of carbonyl (C=O) groups is 1. The van der Waals surface area contributed by atoms with Gasteiger partial charge in [-0.15, -0.1) is 0 Å². The van der Waals surface area contributed by atoms with Crippen LogP contribution in [0.4, 0.5) is 13.2 Å². The Labute approximate surface area is 90.3 Å². The number of ether oxygens (including phenoxy) is 1. The second-order valence-electron chi connectivity index (χ2n) is 2.92. The molecule has 5 heteroatoms. The van der Waals surface area contributed by atoms with E-state index in [1.54, 1.807) is 0 Å². The number of hydrogen-bond acceptors (Lipinski definition) is 2. The maximum Gasteiger partial charge on any atom is 0.416 e. The Kier molecular flexibility index (Phi) is 4.10. The van der Waals surface area contributed by atoms with E-state index in [-0.39, 0.29) is 18.6 Å². The Morgan fingerprint density at radius 3 is 2.56 bits per heavy atom. The maximum atomic E-state index is 12.5. The first-order valence-corrected chi connectivity index (χ1v) is 4.43. The highest BCUT2D eigenvalue weighted by atomic mass is 19.4. The second-order valence-corrected chi connectivity index (χ2v) is 2.92. The van der Waals surface area contributed by atoms with Crippen LogP contribution in [-0.2, 0) is 15.7 Å². The van der Waals surface area contributed by atoms with Gasteiger partial charge < -0.3 is 4.74 Å². The lowest BCUT2D eigenvalue weighted by Crippen LogP contribution is -2.06. The van der Waals surface area contributed by atoms with Gasteiger partial charge in [0.05, 0.1) is 5.56 Å². The zero-order valence-electron chi connectivity index (χ0n) is 8.20. The fourth-order valence-electron chi connectivity index (χ4n) is 1.17. The van der Waals surface area contributed by atoms with Crippen molar-refractivity contribution < 1.29 is 22.7 Å². The first-order chi connectivity index (χ1) is 7.55. The monoisotopic (exact) mass is 230 g/mol. The van der Waals surface area contributed by atoms with Gasteiger partial charge in [-0.3, -0.25) is 4.79 Å². The second kappa shape index (κ2) is 5.34. The molecule has 1 aromatic rings. The molecule has 0 spiro atoms. The van der Waals surface area contributed by atoms with Crippen molar-refractivity contribution >= 4 is 12.5 Å². The molecule has 0 saturated carbocycles. The average Bonchev–Trinajstić information content (AvgIpc) is 2.24. The van der Waals surface area contributed by atoms with Crippen LogP contribution in [0.5, 0.6) is 0 Å². The summed E-state index contributed by atoms with van der Waals surface area (Å²) in [7, 11) is 0. The van der Waals surface area contributed by atoms with Gasteiger partial charge in [0.15, 0.2) is 0 Å². The molecule has 0 aliphatic carbocycles. The Morgan fingerprint density at radius 2 is 1.94 bits per heavy atom. The van der Waals surface area contributed by atoms with Crippen LogP contribution < -0.4 is 0 Å². The van der Waals surface area contributed by atoms with Crippen molar-refractivity contribution in [1.29, 1.82) is 0 Å². The molecule has 16 heavy (non-hydrogen) atoms. The molecule has 0 unspecified atom stereocenters. The molecule has 2 nitrogen and oxygen atoms in total. The molecule has 0 aliphatic rings. The first-order valence-electron chi connectivity index (χ1n) is 4.43. The molecule has 0 heterocycles. The summed E-state index contributed by atoms with van der Waals surface area (Å²) in [5.74, 6) is 0. The molecular weight excluding hydrogens is 221 g/mol. The largest absolute Gasteiger partial charge is 0.464 e. The number of benzene rings is 1. The maximum absolute atomic E-state index is 12.5. The minimum absolute atomic E-state index is 0.0458. The zero-order valence-corrected chi connectivity index (χ0v) is 8.20. The molecular formula is C11H9F3O2. The van der Waals surface area contributed by atoms with Gasteiger partial charge in [0.25, 0.3) is 6.47 Å². The molecule has 0 radical (unpaired) electrons. The summed E-state index contributed by atoms with van der Waals surface area (Å²) < 4.78 is 41.8. The lowest BCUT2D eigenvalue weighted by atomic mass is 10.1. The van der Waals surface area contributed by atoms with E-state index in [1.807, 2.05) is 0 Å². The molecule has 0 amide bonds. The predicted octanol–water partition coefficient (Wildman–Crippen LogP) is 2.89. The summed E-state index contributed by atoms with van der Waals surface area (Å²) in [4.78, 5) is 9.81. The number of halogens is 3. The average molecular weight is 230 g/mol. The van der Waals surface area contributed by atoms with Gasteiger partial charge >= 0.3 is 6.18 Å². The SMILES string of the molecule is O=COCC=Cc1ccccc1C(F)(F)F. The highest BCUT2D eigenvalue weighted by Crippen LogP contribution is 2.32. The third-order valence-electron chi connectivity index (χ3n) is 1.82. The van der Waals surface area contributed by atoms with Crippen LogP contribution in [0.15, 0.2) is 30.3 Å². The quantitative estimate of drug-likeness (QED) is 0.587. The molecule has 0 N–H and O–H groups in total. The minimum atomic E-state index is -4.38. The summed E-state index contributed by atoms with van der Waals surface area (Å²) in [6.45, 7) is 0.190. The molecule has 0 atom stereocenters. The number of rotatable bonds is 4. The topological polar surface area (TPSA) is 26.3 Å². The van der Waals surface area contributed by atoms with Crippen LogP contribution in [0.3, 0.4) is 0 Å². The standard InChI is InChI=1S/C11H9F3O2/c12-11(13,14)10-6-2-1-4-9(10)5-3-7-16-8-15/h1-6,8H,7H2. The Balaban J connectivity index is 2.87. The molecule has 0 aliphatic heterocycles. The fraction of sp³-hybridized carbons (Fsp3) is 0.182. The van der Waals surface area contributed by atoms with E-state index in [0.29, 0.717) is 0 Å². The highest BCUT2D eigenvalue weighted by Gasteiger charge is 2.32. The van der Waals surface area contributed by atoms with E-state index in [2.05, 4.69) is 4.74 Å². The summed E-state index contributed by atoms with van der Waals surface area (Å²) in [6, 6.07) is 5.18. The van der Waals surface area contributed by atoms with Gasteiger partial charge in [-0.1, -0.05) is 24.3 Å². The lowest BCUT2D eigenvalue weighted by molar-refractivity contribution is -0.137. The summed E-state index contributed by atoms with van der Waals surface area (Å²) >= 11 is 0. The normalized spacial score (nSPS) is 11.7. The molecule has 0 fully saturated rings. The molecule has 0 aromatic heterocycles. The van der Waals surface area contributed by atoms with Crippen molar-refractivity contribution in [3.8, 4) is 0 Å². The van der Waals surface area contributed by atoms with Crippen LogP contribution in [0.2, 0.25) is 0 Å². The molecule has 0 saturated heterocycles. The number of hydrogen-bond donors (Lipinski definition) is 0. The van der Waals surface area contributed by atoms with E-state index in [9.17, 15) is 18.0 Å². The highest BCUT2D eigenvalue weighted by molar-refractivity contribution is 5.54. The van der Waals surface area contributed by atoms with Crippen molar-refractivity contribution in [2.75, 3.05) is 6.61 Å². The summed E-state index contributed by atoms with van der Waals surface area (Å²) in [5, 5.41) is 0. The number of carbonyl (C=O) groups excluding carboxylic acids is 1. The zero-order chi connectivity index (χ0) is 12.0. The first kappa shape index (κ1) is 12.3. The van der Waals surface area contributed by atoms with Crippen LogP contribution in [0.1, 0.15) is 11.1 Å². The Morgan fingerprint density at radius 1 is 1.25 bits per heavy atom. The van der Waals surface area contributed by atoms with Crippen molar-refractivity contribution in [2.24, 2.45) is 0 Å². The van der Waals surface area contributed by atoms with Crippen LogP contribution in [0.25, 0.3) is 6.08 Å². The van der Waals surface area contributed by atoms with E-state index >= 15 is 0 Å². The smallest absolute Gasteiger partial charge is 0.416 e. The van der Waals surface area contributed by atoms with Gasteiger partial charge in [-0.2, -0.15) is 13.2 Å². The van der Waals surface area contributed by atoms with Gasteiger partial charge in [0, 0.05) is 0 Å². The van der Waals surface area contributed by atoms with Crippen LogP contribution in [-0.4, -0.2) is 13.1 Å². The molecule has 1 aromatic carbocycles. The minimum Gasteiger partial charge on any atom is -0.464 e. The van der Waals surface area contributed by atoms with Gasteiger partial charge in [-0.05, 0) is 17.7 Å². The fourth-order valence-corrected chi connectivity index (χ4v) is 1.17. The Bertz CT molecular complexity index is 383. The van der Waals surface area contributed by atoms with Gasteiger partial charge in [0.2, 0.25) is 0 Å². The summed E-state index contributed by atoms with van der Waals surface area (Å²) in [6.07, 6.45) is -1.77. The van der Waals surface area contributed by atoms with E-state index in [1.165, 1.54) is 30.4 Å². The van der Waals surface area contributed by atoms with Crippen molar-refractivity contribution in [3.63, 3.8) is 0 Å². The molecule has 0 bridgehead atoms. The van der Waals surface area contributed by atoms with Crippen molar-refractivity contribution in [1.82, 2.24) is 0 Å². The molecule has 86 valence electrons. The third-order valence-corrected chi connectivity index (χ3v) is 1.82. The molecule has 1 rings (SSSR count). The van der Waals surface area contributed by atoms with Gasteiger partial charge in [0.1, 0.15) is 6.61 Å². The van der Waals surface area contributed by atoms with Crippen LogP contribution >= 0.6 is 0 Å². The van der Waals surface area contributed by atoms with Crippen molar-refractivity contribution in [3.05, 3.63) is 41.5 Å². The van der Waals surface area contributed by atoms with Crippen molar-refractivity contribution in [2.45, 2.75) is 6.18 Å². The van der Waals surface area contributed by atoms with Crippen LogP contribution in [0, 0.1) is 0 Å². The number of alkyl halides is 3. The van der Waals surface area contributed by atoms with E-state index in [0.717, 1.165) is 6.07 Å². The third kappa shape index (κ3) is 3.42.